The van der Waals surface area contributed by atoms with E-state index in [2.05, 4.69) is 38.9 Å². The van der Waals surface area contributed by atoms with Crippen LogP contribution in [0.2, 0.25) is 0 Å². The molecule has 3 aliphatic carbocycles. The summed E-state index contributed by atoms with van der Waals surface area (Å²) in [4.78, 5) is 15.1. The Morgan fingerprint density at radius 3 is 2.56 bits per heavy atom. The van der Waals surface area contributed by atoms with Crippen molar-refractivity contribution >= 4 is 5.97 Å². The van der Waals surface area contributed by atoms with Crippen LogP contribution in [0.5, 0.6) is 0 Å². The van der Waals surface area contributed by atoms with Gasteiger partial charge >= 0.3 is 5.97 Å². The number of ether oxygens (including phenoxy) is 2. The first-order chi connectivity index (χ1) is 12.6. The van der Waals surface area contributed by atoms with E-state index >= 15 is 0 Å². The first-order valence-electron chi connectivity index (χ1n) is 10.5. The lowest BCUT2D eigenvalue weighted by Crippen LogP contribution is -2.60. The van der Waals surface area contributed by atoms with Gasteiger partial charge in [0.1, 0.15) is 6.10 Å². The van der Waals surface area contributed by atoms with Crippen molar-refractivity contribution in [3.05, 3.63) is 11.6 Å². The molecule has 5 aliphatic rings. The number of nitrogens with zero attached hydrogens (tertiary/aromatic N) is 1. The molecule has 0 aromatic heterocycles. The number of aliphatic hydroxyl groups excluding tert-OH is 1. The van der Waals surface area contributed by atoms with Crippen LogP contribution in [0.3, 0.4) is 0 Å². The molecular formula is C22H33NO4. The van der Waals surface area contributed by atoms with Crippen molar-refractivity contribution in [3.63, 3.8) is 0 Å². The third-order valence-electron chi connectivity index (χ3n) is 9.25. The Morgan fingerprint density at radius 2 is 1.85 bits per heavy atom. The molecule has 1 N–H and O–H groups in total. The fraction of sp³-hybridized carbons (Fsp3) is 0.864. The van der Waals surface area contributed by atoms with Crippen molar-refractivity contribution < 1.29 is 19.4 Å². The van der Waals surface area contributed by atoms with Crippen molar-refractivity contribution in [2.45, 2.75) is 70.8 Å². The van der Waals surface area contributed by atoms with Crippen LogP contribution in [-0.2, 0) is 14.3 Å². The quantitative estimate of drug-likeness (QED) is 0.563. The maximum absolute atomic E-state index is 12.8. The van der Waals surface area contributed by atoms with Gasteiger partial charge in [-0.15, -0.1) is 0 Å². The minimum Gasteiger partial charge on any atom is -0.457 e. The van der Waals surface area contributed by atoms with Crippen LogP contribution in [-0.4, -0.2) is 61.0 Å². The lowest BCUT2D eigenvalue weighted by atomic mass is 9.44. The van der Waals surface area contributed by atoms with Crippen LogP contribution in [0.4, 0.5) is 0 Å². The number of carbonyl (C=O) groups is 1. The molecule has 9 atom stereocenters. The maximum Gasteiger partial charge on any atom is 0.315 e. The van der Waals surface area contributed by atoms with Crippen molar-refractivity contribution in [2.75, 3.05) is 20.7 Å². The molecule has 2 saturated heterocycles. The Balaban J connectivity index is 1.60. The SMILES string of the molecule is CN(C)[C@H]1CO[C@H]2C3=C[C@@H]4OC(=O)[C@]5(C)[C@H]4[C@](C)(CC[C@@H]5O)[C@H]3CC[C@]12C. The summed E-state index contributed by atoms with van der Waals surface area (Å²) in [6.07, 6.45) is 5.41. The van der Waals surface area contributed by atoms with Crippen LogP contribution in [0.25, 0.3) is 0 Å². The number of rotatable bonds is 1. The maximum atomic E-state index is 12.8. The van der Waals surface area contributed by atoms with Gasteiger partial charge in [-0.2, -0.15) is 0 Å². The number of hydrogen-bond donors (Lipinski definition) is 1. The molecule has 0 amide bonds. The highest BCUT2D eigenvalue weighted by molar-refractivity contribution is 5.81. The molecule has 150 valence electrons. The van der Waals surface area contributed by atoms with Crippen LogP contribution in [0.15, 0.2) is 11.6 Å². The summed E-state index contributed by atoms with van der Waals surface area (Å²) in [5, 5.41) is 10.7. The topological polar surface area (TPSA) is 59.0 Å². The summed E-state index contributed by atoms with van der Waals surface area (Å²) in [6.45, 7) is 7.41. The Kier molecular flexibility index (Phi) is 3.61. The zero-order chi connectivity index (χ0) is 19.4. The van der Waals surface area contributed by atoms with E-state index in [1.54, 1.807) is 0 Å². The molecule has 5 rings (SSSR count). The summed E-state index contributed by atoms with van der Waals surface area (Å²) in [5.41, 5.74) is 0.680. The molecule has 5 heteroatoms. The fourth-order valence-corrected chi connectivity index (χ4v) is 7.78. The third-order valence-corrected chi connectivity index (χ3v) is 9.25. The van der Waals surface area contributed by atoms with E-state index in [9.17, 15) is 9.90 Å². The van der Waals surface area contributed by atoms with Crippen molar-refractivity contribution in [2.24, 2.45) is 28.1 Å². The summed E-state index contributed by atoms with van der Waals surface area (Å²) in [7, 11) is 4.29. The first kappa shape index (κ1) is 18.1. The Labute approximate surface area is 162 Å². The van der Waals surface area contributed by atoms with E-state index in [0.717, 1.165) is 25.9 Å². The highest BCUT2D eigenvalue weighted by Crippen LogP contribution is 2.67. The van der Waals surface area contributed by atoms with Crippen LogP contribution < -0.4 is 0 Å². The molecule has 0 bridgehead atoms. The standard InChI is InChI=1S/C22H33NO4/c1-20-9-7-16(24)22(3)17(20)14(27-19(22)25)10-12-13(20)6-8-21(2)15(23(4)5)11-26-18(12)21/h10,13-18,24H,6-9,11H2,1-5H3/t13-,14-,15-,16-,17+,18-,20+,21+,22-/m0/s1. The van der Waals surface area contributed by atoms with Crippen LogP contribution >= 0.6 is 0 Å². The van der Waals surface area contributed by atoms with E-state index in [-0.39, 0.29) is 34.9 Å². The molecule has 0 spiro atoms. The lowest BCUT2D eigenvalue weighted by molar-refractivity contribution is -0.159. The van der Waals surface area contributed by atoms with Gasteiger partial charge in [-0.25, -0.2) is 0 Å². The van der Waals surface area contributed by atoms with Crippen LogP contribution in [0.1, 0.15) is 46.5 Å². The fourth-order valence-electron chi connectivity index (χ4n) is 7.78. The van der Waals surface area contributed by atoms with E-state index in [1.807, 2.05) is 6.92 Å². The molecule has 27 heavy (non-hydrogen) atoms. The normalized spacial score (nSPS) is 56.3. The highest BCUT2D eigenvalue weighted by Gasteiger charge is 2.70. The first-order valence-corrected chi connectivity index (χ1v) is 10.5. The number of carbonyl (C=O) groups excluding carboxylic acids is 1. The third kappa shape index (κ3) is 1.99. The summed E-state index contributed by atoms with van der Waals surface area (Å²) in [5.74, 6) is 0.261. The smallest absolute Gasteiger partial charge is 0.315 e. The van der Waals surface area contributed by atoms with Gasteiger partial charge in [0.05, 0.1) is 24.2 Å². The predicted molar refractivity (Wildman–Crippen MR) is 101 cm³/mol. The van der Waals surface area contributed by atoms with Gasteiger partial charge in [-0.1, -0.05) is 13.8 Å². The van der Waals surface area contributed by atoms with Gasteiger partial charge in [0.2, 0.25) is 0 Å². The Morgan fingerprint density at radius 1 is 1.15 bits per heavy atom. The van der Waals surface area contributed by atoms with Gasteiger partial charge in [0.15, 0.2) is 0 Å². The minimum atomic E-state index is -0.775. The van der Waals surface area contributed by atoms with Gasteiger partial charge in [-0.3, -0.25) is 4.79 Å². The second-order valence-corrected chi connectivity index (χ2v) is 10.6. The lowest BCUT2D eigenvalue weighted by Gasteiger charge is -2.59. The summed E-state index contributed by atoms with van der Waals surface area (Å²) in [6, 6.07) is 0.416. The number of hydrogen-bond acceptors (Lipinski definition) is 5. The molecule has 2 saturated carbocycles. The second kappa shape index (κ2) is 5.37. The molecule has 5 nitrogen and oxygen atoms in total. The number of esters is 1. The molecule has 4 fully saturated rings. The monoisotopic (exact) mass is 375 g/mol. The van der Waals surface area contributed by atoms with Gasteiger partial charge in [0, 0.05) is 17.4 Å². The summed E-state index contributed by atoms with van der Waals surface area (Å²) >= 11 is 0. The van der Waals surface area contributed by atoms with Gasteiger partial charge in [-0.05, 0) is 69.7 Å². The summed E-state index contributed by atoms with van der Waals surface area (Å²) < 4.78 is 12.3. The average Bonchev–Trinajstić information content (AvgIpc) is 3.08. The van der Waals surface area contributed by atoms with E-state index in [1.165, 1.54) is 5.57 Å². The molecule has 2 heterocycles. The predicted octanol–water partition coefficient (Wildman–Crippen LogP) is 2.38. The Bertz CT molecular complexity index is 719. The number of likely N-dealkylation sites (N-methyl/N-ethyl adjacent to an activating group) is 1. The Hall–Kier alpha value is -0.910. The molecule has 0 aromatic carbocycles. The van der Waals surface area contributed by atoms with Crippen molar-refractivity contribution in [1.82, 2.24) is 4.90 Å². The average molecular weight is 376 g/mol. The molecule has 0 unspecified atom stereocenters. The van der Waals surface area contributed by atoms with E-state index in [4.69, 9.17) is 9.47 Å². The van der Waals surface area contributed by atoms with E-state index in [0.29, 0.717) is 18.4 Å². The largest absolute Gasteiger partial charge is 0.457 e. The van der Waals surface area contributed by atoms with Gasteiger partial charge in [0.25, 0.3) is 0 Å². The molecule has 0 aromatic rings. The highest BCUT2D eigenvalue weighted by atomic mass is 16.6. The van der Waals surface area contributed by atoms with Crippen molar-refractivity contribution in [3.8, 4) is 0 Å². The molecule has 0 radical (unpaired) electrons. The zero-order valence-corrected chi connectivity index (χ0v) is 17.2. The van der Waals surface area contributed by atoms with E-state index < -0.39 is 11.5 Å². The van der Waals surface area contributed by atoms with Gasteiger partial charge < -0.3 is 19.5 Å². The van der Waals surface area contributed by atoms with Crippen LogP contribution in [0, 0.1) is 28.1 Å². The molecule has 2 aliphatic heterocycles. The second-order valence-electron chi connectivity index (χ2n) is 10.6. The number of fused-ring (bicyclic) bond motifs is 4. The van der Waals surface area contributed by atoms with Crippen molar-refractivity contribution in [1.29, 1.82) is 0 Å². The molecular weight excluding hydrogens is 342 g/mol. The number of aliphatic hydroxyl groups is 1. The minimum absolute atomic E-state index is 0.0181. The zero-order valence-electron chi connectivity index (χ0n) is 17.2.